The Morgan fingerprint density at radius 2 is 1.78 bits per heavy atom. The Morgan fingerprint density at radius 1 is 1.06 bits per heavy atom. The second-order valence-electron chi connectivity index (χ2n) is 9.88. The topological polar surface area (TPSA) is 105 Å². The van der Waals surface area contributed by atoms with Crippen LogP contribution in [0, 0.1) is 0 Å². The summed E-state index contributed by atoms with van der Waals surface area (Å²) in [5, 5.41) is 20.9. The van der Waals surface area contributed by atoms with Gasteiger partial charge >= 0.3 is 0 Å². The molecule has 0 spiro atoms. The molecule has 0 bridgehead atoms. The van der Waals surface area contributed by atoms with Crippen LogP contribution in [0.3, 0.4) is 0 Å². The molecule has 1 amide bonds. The van der Waals surface area contributed by atoms with E-state index in [1.807, 2.05) is 19.1 Å². The summed E-state index contributed by atoms with van der Waals surface area (Å²) in [4.78, 5) is 22.3. The van der Waals surface area contributed by atoms with Gasteiger partial charge in [0.15, 0.2) is 5.82 Å². The maximum absolute atomic E-state index is 13.5. The van der Waals surface area contributed by atoms with E-state index in [9.17, 15) is 9.90 Å². The van der Waals surface area contributed by atoms with Crippen LogP contribution in [0.4, 0.5) is 11.6 Å². The van der Waals surface area contributed by atoms with Crippen molar-refractivity contribution < 1.29 is 9.90 Å². The zero-order valence-corrected chi connectivity index (χ0v) is 20.6. The smallest absolute Gasteiger partial charge is 0.255 e. The van der Waals surface area contributed by atoms with Crippen LogP contribution >= 0.6 is 0 Å². The van der Waals surface area contributed by atoms with Crippen molar-refractivity contribution in [1.29, 1.82) is 0 Å². The lowest BCUT2D eigenvalue weighted by molar-refractivity contribution is -0.113. The van der Waals surface area contributed by atoms with E-state index in [0.717, 1.165) is 11.1 Å². The minimum Gasteiger partial charge on any atom is -0.508 e. The molecular formula is C28H28N6O2. The normalized spacial score (nSPS) is 15.3. The average Bonchev–Trinajstić information content (AvgIpc) is 3.27. The standard InChI is InChI=1S/C28H28N6O2/c1-17-23(26(36)31-21-6-5-15-29-16-21)24(18-9-13-22(35)14-10-18)34-27(30-17)32-25(33-34)19-7-11-20(12-8-19)28(2,3)4/h5-16,24,35H,1-4H3,(H,31,36)(H,30,32,33). The Bertz CT molecular complexity index is 1430. The average molecular weight is 481 g/mol. The third-order valence-electron chi connectivity index (χ3n) is 6.23. The van der Waals surface area contributed by atoms with Crippen molar-refractivity contribution in [1.82, 2.24) is 19.7 Å². The SMILES string of the molecule is CC1=C(C(=O)Nc2cccnc2)C(c2ccc(O)cc2)n2nc(-c3ccc(C(C)(C)C)cc3)nc2N1. The van der Waals surface area contributed by atoms with Crippen LogP contribution in [0.25, 0.3) is 11.4 Å². The number of rotatable bonds is 4. The highest BCUT2D eigenvalue weighted by atomic mass is 16.3. The van der Waals surface area contributed by atoms with Gasteiger partial charge in [-0.2, -0.15) is 4.98 Å². The minimum absolute atomic E-state index is 0.0441. The van der Waals surface area contributed by atoms with E-state index >= 15 is 0 Å². The molecule has 3 heterocycles. The van der Waals surface area contributed by atoms with E-state index in [2.05, 4.69) is 48.5 Å². The van der Waals surface area contributed by atoms with Crippen molar-refractivity contribution in [2.24, 2.45) is 0 Å². The molecule has 1 unspecified atom stereocenters. The molecule has 36 heavy (non-hydrogen) atoms. The van der Waals surface area contributed by atoms with Gasteiger partial charge in [-0.05, 0) is 47.7 Å². The predicted octanol–water partition coefficient (Wildman–Crippen LogP) is 5.27. The molecule has 1 aliphatic heterocycles. The molecule has 4 aromatic rings. The molecule has 0 saturated carbocycles. The van der Waals surface area contributed by atoms with E-state index in [1.165, 1.54) is 5.56 Å². The molecule has 0 saturated heterocycles. The Hall–Kier alpha value is -4.46. The molecule has 8 nitrogen and oxygen atoms in total. The number of carbonyl (C=O) groups excluding carboxylic acids is 1. The molecule has 5 rings (SSSR count). The first-order chi connectivity index (χ1) is 17.2. The lowest BCUT2D eigenvalue weighted by Crippen LogP contribution is -2.31. The highest BCUT2D eigenvalue weighted by Crippen LogP contribution is 2.37. The van der Waals surface area contributed by atoms with E-state index in [4.69, 9.17) is 10.1 Å². The Morgan fingerprint density at radius 3 is 2.42 bits per heavy atom. The number of anilines is 2. The first-order valence-corrected chi connectivity index (χ1v) is 11.8. The van der Waals surface area contributed by atoms with Crippen molar-refractivity contribution in [3.8, 4) is 17.1 Å². The number of hydrogen-bond donors (Lipinski definition) is 3. The van der Waals surface area contributed by atoms with E-state index in [0.29, 0.717) is 28.7 Å². The molecule has 2 aromatic carbocycles. The van der Waals surface area contributed by atoms with Crippen LogP contribution in [0.1, 0.15) is 44.9 Å². The number of aromatic nitrogens is 4. The number of phenolic OH excluding ortho intramolecular Hbond substituents is 1. The summed E-state index contributed by atoms with van der Waals surface area (Å²) in [6.07, 6.45) is 3.25. The number of carbonyl (C=O) groups is 1. The summed E-state index contributed by atoms with van der Waals surface area (Å²) in [7, 11) is 0. The van der Waals surface area contributed by atoms with Crippen molar-refractivity contribution in [2.45, 2.75) is 39.2 Å². The van der Waals surface area contributed by atoms with Crippen molar-refractivity contribution in [3.05, 3.63) is 95.5 Å². The van der Waals surface area contributed by atoms with Crippen molar-refractivity contribution in [2.75, 3.05) is 10.6 Å². The first-order valence-electron chi connectivity index (χ1n) is 11.8. The Balaban J connectivity index is 1.57. The van der Waals surface area contributed by atoms with E-state index in [1.54, 1.807) is 53.5 Å². The summed E-state index contributed by atoms with van der Waals surface area (Å²) < 4.78 is 1.73. The second-order valence-corrected chi connectivity index (χ2v) is 9.88. The summed E-state index contributed by atoms with van der Waals surface area (Å²) >= 11 is 0. The number of phenols is 1. The third-order valence-corrected chi connectivity index (χ3v) is 6.23. The Labute approximate surface area is 209 Å². The number of pyridine rings is 1. The largest absolute Gasteiger partial charge is 0.508 e. The van der Waals surface area contributed by atoms with E-state index in [-0.39, 0.29) is 17.1 Å². The highest BCUT2D eigenvalue weighted by Gasteiger charge is 2.34. The monoisotopic (exact) mass is 480 g/mol. The van der Waals surface area contributed by atoms with Crippen LogP contribution in [0.2, 0.25) is 0 Å². The van der Waals surface area contributed by atoms with Gasteiger partial charge in [0, 0.05) is 17.5 Å². The molecule has 1 atom stereocenters. The van der Waals surface area contributed by atoms with Gasteiger partial charge in [0.2, 0.25) is 5.95 Å². The summed E-state index contributed by atoms with van der Waals surface area (Å²) in [5.74, 6) is 0.971. The van der Waals surface area contributed by atoms with Crippen molar-refractivity contribution in [3.63, 3.8) is 0 Å². The molecule has 0 aliphatic carbocycles. The molecule has 182 valence electrons. The molecular weight excluding hydrogens is 452 g/mol. The van der Waals surface area contributed by atoms with Gasteiger partial charge in [0.1, 0.15) is 11.8 Å². The third kappa shape index (κ3) is 4.45. The zero-order valence-electron chi connectivity index (χ0n) is 20.6. The second kappa shape index (κ2) is 8.96. The number of benzene rings is 2. The molecule has 0 radical (unpaired) electrons. The summed E-state index contributed by atoms with van der Waals surface area (Å²) in [6.45, 7) is 8.37. The minimum atomic E-state index is -0.548. The fourth-order valence-corrected chi connectivity index (χ4v) is 4.29. The van der Waals surface area contributed by atoms with Gasteiger partial charge < -0.3 is 15.7 Å². The van der Waals surface area contributed by atoms with Crippen LogP contribution in [-0.2, 0) is 10.2 Å². The lowest BCUT2D eigenvalue weighted by atomic mass is 9.87. The van der Waals surface area contributed by atoms with Gasteiger partial charge in [-0.1, -0.05) is 57.2 Å². The van der Waals surface area contributed by atoms with Crippen molar-refractivity contribution >= 4 is 17.5 Å². The molecule has 8 heteroatoms. The Kier molecular flexibility index (Phi) is 5.80. The first kappa shape index (κ1) is 23.3. The summed E-state index contributed by atoms with van der Waals surface area (Å²) in [5.41, 5.74) is 4.71. The quantitative estimate of drug-likeness (QED) is 0.368. The van der Waals surface area contributed by atoms with E-state index < -0.39 is 6.04 Å². The van der Waals surface area contributed by atoms with Gasteiger partial charge in [0.25, 0.3) is 5.91 Å². The number of fused-ring (bicyclic) bond motifs is 1. The van der Waals surface area contributed by atoms with Crippen LogP contribution in [0.5, 0.6) is 5.75 Å². The van der Waals surface area contributed by atoms with Crippen LogP contribution in [0.15, 0.2) is 84.3 Å². The van der Waals surface area contributed by atoms with Crippen LogP contribution in [-0.4, -0.2) is 30.8 Å². The molecule has 1 aliphatic rings. The van der Waals surface area contributed by atoms with Gasteiger partial charge in [0.05, 0.1) is 17.5 Å². The molecule has 0 fully saturated rings. The number of allylic oxidation sites excluding steroid dienone is 1. The maximum Gasteiger partial charge on any atom is 0.255 e. The lowest BCUT2D eigenvalue weighted by Gasteiger charge is -2.28. The van der Waals surface area contributed by atoms with Gasteiger partial charge in [-0.15, -0.1) is 5.10 Å². The predicted molar refractivity (Wildman–Crippen MR) is 140 cm³/mol. The maximum atomic E-state index is 13.5. The fraction of sp³-hybridized carbons (Fsp3) is 0.214. The number of nitrogens with zero attached hydrogens (tertiary/aromatic N) is 4. The van der Waals surface area contributed by atoms with Gasteiger partial charge in [-0.25, -0.2) is 4.68 Å². The highest BCUT2D eigenvalue weighted by molar-refractivity contribution is 6.05. The fourth-order valence-electron chi connectivity index (χ4n) is 4.29. The van der Waals surface area contributed by atoms with Crippen LogP contribution < -0.4 is 10.6 Å². The van der Waals surface area contributed by atoms with Gasteiger partial charge in [-0.3, -0.25) is 9.78 Å². The molecule has 3 N–H and O–H groups in total. The number of aromatic hydroxyl groups is 1. The zero-order chi connectivity index (χ0) is 25.4. The number of hydrogen-bond acceptors (Lipinski definition) is 6. The summed E-state index contributed by atoms with van der Waals surface area (Å²) in [6, 6.07) is 18.0. The number of amides is 1. The number of nitrogens with one attached hydrogen (secondary N) is 2. The molecule has 2 aromatic heterocycles.